The minimum atomic E-state index is -4.66. The Morgan fingerprint density at radius 1 is 1.18 bits per heavy atom. The lowest BCUT2D eigenvalue weighted by Gasteiger charge is -2.34. The monoisotopic (exact) mass is 492 g/mol. The highest BCUT2D eigenvalue weighted by atomic mass is 35.5. The number of aromatic nitrogens is 2. The van der Waals surface area contributed by atoms with Crippen LogP contribution in [0.5, 0.6) is 5.75 Å². The Kier molecular flexibility index (Phi) is 5.43. The number of halogens is 4. The normalized spacial score (nSPS) is 17.0. The van der Waals surface area contributed by atoms with Gasteiger partial charge in [-0.25, -0.2) is 4.52 Å². The zero-order valence-electron chi connectivity index (χ0n) is 17.8. The third-order valence-electron chi connectivity index (χ3n) is 6.18. The molecule has 2 aromatic heterocycles. The summed E-state index contributed by atoms with van der Waals surface area (Å²) in [5.74, 6) is -1.16. The molecule has 2 aliphatic rings. The van der Waals surface area contributed by atoms with Crippen molar-refractivity contribution in [1.82, 2.24) is 14.5 Å². The van der Waals surface area contributed by atoms with E-state index in [-0.39, 0.29) is 59.9 Å². The van der Waals surface area contributed by atoms with E-state index >= 15 is 0 Å². The van der Waals surface area contributed by atoms with E-state index in [1.165, 1.54) is 21.9 Å². The van der Waals surface area contributed by atoms with Gasteiger partial charge in [-0.1, -0.05) is 6.07 Å². The van der Waals surface area contributed by atoms with Gasteiger partial charge in [-0.3, -0.25) is 9.59 Å². The first-order valence-electron chi connectivity index (χ1n) is 10.7. The summed E-state index contributed by atoms with van der Waals surface area (Å²) in [7, 11) is 0. The first-order chi connectivity index (χ1) is 16.2. The number of phenols is 1. The fraction of sp³-hybridized carbons (Fsp3) is 0.348. The van der Waals surface area contributed by atoms with Crippen molar-refractivity contribution in [3.8, 4) is 5.75 Å². The molecule has 7 nitrogen and oxygen atoms in total. The first-order valence-corrected chi connectivity index (χ1v) is 11.3. The van der Waals surface area contributed by atoms with E-state index in [2.05, 4.69) is 5.10 Å². The Morgan fingerprint density at radius 3 is 2.56 bits per heavy atom. The number of anilines is 1. The van der Waals surface area contributed by atoms with Crippen LogP contribution in [-0.4, -0.2) is 51.1 Å². The minimum Gasteiger partial charge on any atom is -0.508 e. The summed E-state index contributed by atoms with van der Waals surface area (Å²) in [5, 5.41) is 13.7. The molecule has 178 valence electrons. The second kappa shape index (κ2) is 8.19. The lowest BCUT2D eigenvalue weighted by atomic mass is 10.1. The Bertz CT molecular complexity index is 1300. The summed E-state index contributed by atoms with van der Waals surface area (Å²) in [6.45, 7) is 0.0378. The van der Waals surface area contributed by atoms with Crippen molar-refractivity contribution in [3.63, 3.8) is 0 Å². The Balaban J connectivity index is 1.48. The number of nitrogens with zero attached hydrogens (tertiary/aromatic N) is 4. The van der Waals surface area contributed by atoms with E-state index in [0.717, 1.165) is 23.4 Å². The van der Waals surface area contributed by atoms with Gasteiger partial charge in [-0.2, -0.15) is 18.3 Å². The number of carbonyl (C=O) groups is 2. The zero-order chi connectivity index (χ0) is 24.2. The predicted octanol–water partition coefficient (Wildman–Crippen LogP) is 4.16. The number of carbonyl (C=O) groups excluding carboxylic acids is 2. The third-order valence-corrected chi connectivity index (χ3v) is 6.45. The van der Waals surface area contributed by atoms with Crippen LogP contribution in [0.4, 0.5) is 18.9 Å². The SMILES string of the molecule is O=C(c1nn2c(C(F)(F)F)cc(C3CC3)cc2c1CCl)N1CCN(c2cccc(O)c2)C(=O)C1. The van der Waals surface area contributed by atoms with Gasteiger partial charge in [-0.05, 0) is 48.6 Å². The number of pyridine rings is 1. The van der Waals surface area contributed by atoms with Gasteiger partial charge in [-0.15, -0.1) is 11.6 Å². The van der Waals surface area contributed by atoms with Crippen LogP contribution in [0.1, 0.15) is 46.1 Å². The maximum absolute atomic E-state index is 13.8. The molecule has 3 heterocycles. The van der Waals surface area contributed by atoms with Crippen molar-refractivity contribution >= 4 is 34.6 Å². The number of piperazine rings is 1. The Morgan fingerprint density at radius 2 is 1.94 bits per heavy atom. The number of hydrogen-bond donors (Lipinski definition) is 1. The molecule has 34 heavy (non-hydrogen) atoms. The van der Waals surface area contributed by atoms with Gasteiger partial charge in [0.15, 0.2) is 5.69 Å². The molecule has 2 amide bonds. The summed E-state index contributed by atoms with van der Waals surface area (Å²) in [6, 6.07) is 8.90. The smallest absolute Gasteiger partial charge is 0.433 e. The Hall–Kier alpha value is -3.27. The van der Waals surface area contributed by atoms with Crippen LogP contribution in [0.2, 0.25) is 0 Å². The molecule has 0 spiro atoms. The molecule has 1 aliphatic carbocycles. The second-order valence-corrected chi connectivity index (χ2v) is 8.76. The van der Waals surface area contributed by atoms with E-state index in [9.17, 15) is 27.9 Å². The molecule has 0 atom stereocenters. The predicted molar refractivity (Wildman–Crippen MR) is 118 cm³/mol. The van der Waals surface area contributed by atoms with E-state index in [1.54, 1.807) is 18.2 Å². The lowest BCUT2D eigenvalue weighted by molar-refractivity contribution is -0.142. The number of rotatable bonds is 4. The fourth-order valence-electron chi connectivity index (χ4n) is 4.30. The van der Waals surface area contributed by atoms with Crippen LogP contribution in [0.15, 0.2) is 36.4 Å². The van der Waals surface area contributed by atoms with Crippen LogP contribution in [-0.2, 0) is 16.9 Å². The van der Waals surface area contributed by atoms with Crippen molar-refractivity contribution in [2.75, 3.05) is 24.5 Å². The fourth-order valence-corrected chi connectivity index (χ4v) is 4.57. The van der Waals surface area contributed by atoms with Crippen molar-refractivity contribution in [1.29, 1.82) is 0 Å². The van der Waals surface area contributed by atoms with Gasteiger partial charge in [0.2, 0.25) is 5.91 Å². The molecule has 1 aromatic carbocycles. The van der Waals surface area contributed by atoms with Gasteiger partial charge in [0.1, 0.15) is 18.0 Å². The molecule has 0 unspecified atom stereocenters. The largest absolute Gasteiger partial charge is 0.508 e. The number of benzene rings is 1. The topological polar surface area (TPSA) is 78.2 Å². The average molecular weight is 493 g/mol. The van der Waals surface area contributed by atoms with Gasteiger partial charge in [0.05, 0.1) is 11.4 Å². The molecule has 0 bridgehead atoms. The van der Waals surface area contributed by atoms with E-state index in [4.69, 9.17) is 11.6 Å². The quantitative estimate of drug-likeness (QED) is 0.555. The van der Waals surface area contributed by atoms with Crippen LogP contribution in [0.3, 0.4) is 0 Å². The minimum absolute atomic E-state index is 0.00583. The number of phenolic OH excluding ortho intramolecular Hbond substituents is 1. The molecular weight excluding hydrogens is 473 g/mol. The van der Waals surface area contributed by atoms with Crippen LogP contribution < -0.4 is 4.90 Å². The summed E-state index contributed by atoms with van der Waals surface area (Å²) in [5.41, 5.74) is 0.269. The molecule has 1 aliphatic heterocycles. The number of fused-ring (bicyclic) bond motifs is 1. The van der Waals surface area contributed by atoms with E-state index in [0.29, 0.717) is 11.3 Å². The highest BCUT2D eigenvalue weighted by Crippen LogP contribution is 2.43. The molecule has 3 aromatic rings. The highest BCUT2D eigenvalue weighted by molar-refractivity contribution is 6.18. The molecule has 1 N–H and O–H groups in total. The third kappa shape index (κ3) is 3.96. The molecule has 1 saturated carbocycles. The van der Waals surface area contributed by atoms with Crippen LogP contribution in [0, 0.1) is 0 Å². The molecule has 2 fully saturated rings. The van der Waals surface area contributed by atoms with E-state index in [1.807, 2.05) is 0 Å². The average Bonchev–Trinajstić information content (AvgIpc) is 3.57. The molecular formula is C23H20ClF3N4O3. The number of aromatic hydroxyl groups is 1. The summed E-state index contributed by atoms with van der Waals surface area (Å²) in [4.78, 5) is 28.7. The van der Waals surface area contributed by atoms with Crippen molar-refractivity contribution in [2.45, 2.75) is 30.8 Å². The van der Waals surface area contributed by atoms with Crippen LogP contribution >= 0.6 is 11.6 Å². The van der Waals surface area contributed by atoms with Gasteiger partial charge in [0, 0.05) is 30.4 Å². The maximum Gasteiger partial charge on any atom is 0.433 e. The lowest BCUT2D eigenvalue weighted by Crippen LogP contribution is -2.52. The molecule has 0 radical (unpaired) electrons. The maximum atomic E-state index is 13.8. The summed E-state index contributed by atoms with van der Waals surface area (Å²) < 4.78 is 42.2. The zero-order valence-corrected chi connectivity index (χ0v) is 18.6. The van der Waals surface area contributed by atoms with E-state index < -0.39 is 17.8 Å². The number of hydrogen-bond acceptors (Lipinski definition) is 4. The van der Waals surface area contributed by atoms with Gasteiger partial charge >= 0.3 is 6.18 Å². The second-order valence-electron chi connectivity index (χ2n) is 8.50. The molecule has 11 heteroatoms. The summed E-state index contributed by atoms with van der Waals surface area (Å²) >= 11 is 6.09. The highest BCUT2D eigenvalue weighted by Gasteiger charge is 2.38. The molecule has 5 rings (SSSR count). The van der Waals surface area contributed by atoms with Crippen LogP contribution in [0.25, 0.3) is 5.52 Å². The van der Waals surface area contributed by atoms with Crippen molar-refractivity contribution in [3.05, 3.63) is 58.9 Å². The summed E-state index contributed by atoms with van der Waals surface area (Å²) in [6.07, 6.45) is -3.04. The van der Waals surface area contributed by atoms with Gasteiger partial charge < -0.3 is 14.9 Å². The van der Waals surface area contributed by atoms with Gasteiger partial charge in [0.25, 0.3) is 5.91 Å². The number of alkyl halides is 4. The first kappa shape index (κ1) is 22.5. The molecule has 1 saturated heterocycles. The van der Waals surface area contributed by atoms with Crippen molar-refractivity contribution < 1.29 is 27.9 Å². The Labute approximate surface area is 197 Å². The number of amides is 2. The standard InChI is InChI=1S/C23H20ClF3N4O3/c24-11-17-18-8-14(13-4-5-13)9-19(23(25,26)27)31(18)28-21(17)22(34)29-6-7-30(20(33)12-29)15-2-1-3-16(32)10-15/h1-3,8-10,13,32H,4-7,11-12H2. The van der Waals surface area contributed by atoms with Crippen molar-refractivity contribution in [2.24, 2.45) is 0 Å².